The summed E-state index contributed by atoms with van der Waals surface area (Å²) in [5.74, 6) is -1.98. The second-order valence-electron chi connectivity index (χ2n) is 9.65. The lowest BCUT2D eigenvalue weighted by Crippen LogP contribution is -2.19. The number of carboxylic acids is 1. The van der Waals surface area contributed by atoms with E-state index in [2.05, 4.69) is 16.0 Å². The number of hydrogen-bond acceptors (Lipinski definition) is 5. The monoisotopic (exact) mass is 589 g/mol. The van der Waals surface area contributed by atoms with E-state index in [4.69, 9.17) is 0 Å². The van der Waals surface area contributed by atoms with E-state index in [0.29, 0.717) is 27.8 Å². The van der Waals surface area contributed by atoms with Gasteiger partial charge in [-0.05, 0) is 65.5 Å². The Morgan fingerprint density at radius 3 is 1.93 bits per heavy atom. The Labute approximate surface area is 252 Å². The zero-order valence-corrected chi connectivity index (χ0v) is 23.9. The number of hydrogen-bond donors (Lipinski definition) is 4. The maximum Gasteiger partial charge on any atom is 0.336 e. The Kier molecular flexibility index (Phi) is 8.83. The van der Waals surface area contributed by atoms with E-state index >= 15 is 0 Å². The first kappa shape index (κ1) is 29.1. The van der Waals surface area contributed by atoms with Gasteiger partial charge in [0.05, 0.1) is 5.56 Å². The van der Waals surface area contributed by atoms with Crippen molar-refractivity contribution >= 4 is 63.3 Å². The van der Waals surface area contributed by atoms with E-state index in [1.807, 2.05) is 36.4 Å². The van der Waals surface area contributed by atoms with Crippen LogP contribution in [0.5, 0.6) is 0 Å². The second-order valence-corrected chi connectivity index (χ2v) is 10.8. The number of amides is 3. The maximum absolute atomic E-state index is 13.5. The number of nitrogens with one attached hydrogen (secondary N) is 3. The fourth-order valence-electron chi connectivity index (χ4n) is 4.64. The number of carboxylic acid groups (broad SMARTS) is 1. The van der Waals surface area contributed by atoms with Gasteiger partial charge in [-0.3, -0.25) is 14.4 Å². The summed E-state index contributed by atoms with van der Waals surface area (Å²) in [6.07, 6.45) is 0. The van der Waals surface area contributed by atoms with Gasteiger partial charge in [0.25, 0.3) is 5.91 Å². The summed E-state index contributed by atoms with van der Waals surface area (Å²) in [6, 6.07) is 33.3. The highest BCUT2D eigenvalue weighted by Gasteiger charge is 2.23. The van der Waals surface area contributed by atoms with Crippen molar-refractivity contribution < 1.29 is 24.3 Å². The van der Waals surface area contributed by atoms with Crippen molar-refractivity contribution in [1.29, 1.82) is 0 Å². The van der Waals surface area contributed by atoms with Crippen LogP contribution in [0.15, 0.2) is 120 Å². The van der Waals surface area contributed by atoms with Gasteiger partial charge in [-0.25, -0.2) is 4.79 Å². The standard InChI is InChI=1S/C34H27N3O5S/c1-21(38)35-24-16-18-25(19-17-24)36-33(40)31(23-8-3-2-4-9-23)43-27-13-7-12-26(20-27)37-32(39)28-14-5-10-22-11-6-15-29(30(22)28)34(41)42/h2-20,31H,1H3,(H,35,38)(H,36,40)(H,37,39)(H,41,42). The van der Waals surface area contributed by atoms with Gasteiger partial charge in [0.15, 0.2) is 0 Å². The predicted octanol–water partition coefficient (Wildman–Crippen LogP) is 7.22. The molecule has 5 aromatic carbocycles. The number of fused-ring (bicyclic) bond motifs is 1. The summed E-state index contributed by atoms with van der Waals surface area (Å²) in [6.45, 7) is 1.43. The number of anilines is 3. The van der Waals surface area contributed by atoms with E-state index in [-0.39, 0.29) is 22.9 Å². The van der Waals surface area contributed by atoms with E-state index in [1.54, 1.807) is 72.8 Å². The van der Waals surface area contributed by atoms with Crippen LogP contribution < -0.4 is 16.0 Å². The fraction of sp³-hybridized carbons (Fsp3) is 0.0588. The molecule has 0 saturated heterocycles. The summed E-state index contributed by atoms with van der Waals surface area (Å²) < 4.78 is 0. The minimum atomic E-state index is -1.11. The average Bonchev–Trinajstić information content (AvgIpc) is 3.00. The molecule has 43 heavy (non-hydrogen) atoms. The summed E-state index contributed by atoms with van der Waals surface area (Å²) >= 11 is 1.33. The van der Waals surface area contributed by atoms with E-state index in [1.165, 1.54) is 24.8 Å². The van der Waals surface area contributed by atoms with E-state index in [9.17, 15) is 24.3 Å². The summed E-state index contributed by atoms with van der Waals surface area (Å²) in [5.41, 5.74) is 2.80. The first-order valence-corrected chi connectivity index (χ1v) is 14.2. The number of carbonyl (C=O) groups is 4. The van der Waals surface area contributed by atoms with Crippen molar-refractivity contribution in [3.05, 3.63) is 132 Å². The van der Waals surface area contributed by atoms with Gasteiger partial charge in [-0.15, -0.1) is 11.8 Å². The van der Waals surface area contributed by atoms with Crippen molar-refractivity contribution in [3.63, 3.8) is 0 Å². The van der Waals surface area contributed by atoms with Gasteiger partial charge >= 0.3 is 5.97 Å². The van der Waals surface area contributed by atoms with Gasteiger partial charge in [0, 0.05) is 39.8 Å². The van der Waals surface area contributed by atoms with Gasteiger partial charge in [-0.2, -0.15) is 0 Å². The van der Waals surface area contributed by atoms with Crippen molar-refractivity contribution in [2.45, 2.75) is 17.1 Å². The third-order valence-electron chi connectivity index (χ3n) is 6.54. The molecule has 9 heteroatoms. The van der Waals surface area contributed by atoms with Gasteiger partial charge in [0.2, 0.25) is 11.8 Å². The molecule has 0 fully saturated rings. The zero-order valence-electron chi connectivity index (χ0n) is 23.0. The highest BCUT2D eigenvalue weighted by atomic mass is 32.2. The Bertz CT molecular complexity index is 1820. The molecule has 0 bridgehead atoms. The fourth-order valence-corrected chi connectivity index (χ4v) is 5.72. The molecule has 3 amide bonds. The first-order valence-electron chi connectivity index (χ1n) is 13.3. The van der Waals surface area contributed by atoms with Crippen molar-refractivity contribution in [3.8, 4) is 0 Å². The van der Waals surface area contributed by atoms with Crippen LogP contribution in [-0.2, 0) is 9.59 Å². The molecule has 0 aliphatic heterocycles. The number of benzene rings is 5. The van der Waals surface area contributed by atoms with Crippen LogP contribution in [0.4, 0.5) is 17.1 Å². The first-order chi connectivity index (χ1) is 20.8. The summed E-state index contributed by atoms with van der Waals surface area (Å²) in [7, 11) is 0. The van der Waals surface area contributed by atoms with Crippen molar-refractivity contribution in [1.82, 2.24) is 0 Å². The van der Waals surface area contributed by atoms with Crippen LogP contribution in [0.25, 0.3) is 10.8 Å². The molecule has 214 valence electrons. The molecule has 0 aliphatic carbocycles. The van der Waals surface area contributed by atoms with Crippen molar-refractivity contribution in [2.24, 2.45) is 0 Å². The van der Waals surface area contributed by atoms with Crippen LogP contribution in [0.2, 0.25) is 0 Å². The number of carbonyl (C=O) groups excluding carboxylic acids is 3. The third kappa shape index (κ3) is 7.09. The van der Waals surface area contributed by atoms with Gasteiger partial charge in [0.1, 0.15) is 5.25 Å². The lowest BCUT2D eigenvalue weighted by Gasteiger charge is -2.18. The Balaban J connectivity index is 1.37. The average molecular weight is 590 g/mol. The van der Waals surface area contributed by atoms with E-state index in [0.717, 1.165) is 10.5 Å². The molecule has 5 rings (SSSR count). The number of rotatable bonds is 9. The molecule has 8 nitrogen and oxygen atoms in total. The molecule has 0 radical (unpaired) electrons. The van der Waals surface area contributed by atoms with Crippen LogP contribution >= 0.6 is 11.8 Å². The number of aromatic carboxylic acids is 1. The highest BCUT2D eigenvalue weighted by molar-refractivity contribution is 8.00. The normalized spacial score (nSPS) is 11.4. The lowest BCUT2D eigenvalue weighted by molar-refractivity contribution is -0.116. The topological polar surface area (TPSA) is 125 Å². The minimum Gasteiger partial charge on any atom is -0.478 e. The Morgan fingerprint density at radius 1 is 0.651 bits per heavy atom. The molecule has 0 aromatic heterocycles. The Morgan fingerprint density at radius 2 is 1.28 bits per heavy atom. The number of thioether (sulfide) groups is 1. The molecule has 0 saturated carbocycles. The quantitative estimate of drug-likeness (QED) is 0.135. The molecule has 0 heterocycles. The zero-order chi connectivity index (χ0) is 30.3. The maximum atomic E-state index is 13.5. The summed E-state index contributed by atoms with van der Waals surface area (Å²) in [5, 5.41) is 18.6. The van der Waals surface area contributed by atoms with Crippen molar-refractivity contribution in [2.75, 3.05) is 16.0 Å². The van der Waals surface area contributed by atoms with E-state index < -0.39 is 17.1 Å². The van der Waals surface area contributed by atoms with Crippen LogP contribution in [-0.4, -0.2) is 28.8 Å². The van der Waals surface area contributed by atoms with Gasteiger partial charge in [-0.1, -0.05) is 60.7 Å². The molecular weight excluding hydrogens is 562 g/mol. The molecule has 5 aromatic rings. The second kappa shape index (κ2) is 13.1. The Hall–Kier alpha value is -5.41. The highest BCUT2D eigenvalue weighted by Crippen LogP contribution is 2.37. The SMILES string of the molecule is CC(=O)Nc1ccc(NC(=O)C(Sc2cccc(NC(=O)c3cccc4cccc(C(=O)O)c34)c2)c2ccccc2)cc1. The molecule has 1 atom stereocenters. The molecular formula is C34H27N3O5S. The van der Waals surface area contributed by atoms with Crippen LogP contribution in [0.1, 0.15) is 38.5 Å². The summed E-state index contributed by atoms with van der Waals surface area (Å²) in [4.78, 5) is 50.8. The third-order valence-corrected chi connectivity index (χ3v) is 7.79. The smallest absolute Gasteiger partial charge is 0.336 e. The molecule has 0 spiro atoms. The molecule has 4 N–H and O–H groups in total. The van der Waals surface area contributed by atoms with Gasteiger partial charge < -0.3 is 21.1 Å². The molecule has 1 unspecified atom stereocenters. The minimum absolute atomic E-state index is 0.0500. The largest absolute Gasteiger partial charge is 0.478 e. The molecule has 0 aliphatic rings. The van der Waals surface area contributed by atoms with Crippen LogP contribution in [0.3, 0.4) is 0 Å². The predicted molar refractivity (Wildman–Crippen MR) is 170 cm³/mol. The van der Waals surface area contributed by atoms with Crippen LogP contribution in [0, 0.1) is 0 Å². The lowest BCUT2D eigenvalue weighted by atomic mass is 9.98.